The largest absolute Gasteiger partial charge is 0.493 e. The first kappa shape index (κ1) is 24.7. The molecule has 0 aliphatic carbocycles. The minimum atomic E-state index is -0.753. The zero-order valence-corrected chi connectivity index (χ0v) is 20.0. The van der Waals surface area contributed by atoms with E-state index in [0.717, 1.165) is 16.9 Å². The predicted octanol–water partition coefficient (Wildman–Crippen LogP) is 4.84. The lowest BCUT2D eigenvalue weighted by Gasteiger charge is -2.09. The first-order valence-electron chi connectivity index (χ1n) is 11.8. The number of para-hydroxylation sites is 1. The van der Waals surface area contributed by atoms with Crippen molar-refractivity contribution in [2.24, 2.45) is 0 Å². The molecule has 36 heavy (non-hydrogen) atoms. The average molecular weight is 486 g/mol. The maximum atomic E-state index is 12.5. The molecule has 0 fully saturated rings. The fraction of sp³-hybridized carbons (Fsp3) is 0.207. The molecule has 3 aromatic carbocycles. The molecule has 1 heterocycles. The Morgan fingerprint density at radius 3 is 2.53 bits per heavy atom. The van der Waals surface area contributed by atoms with Crippen molar-refractivity contribution in [2.45, 2.75) is 26.2 Å². The van der Waals surface area contributed by atoms with Gasteiger partial charge in [-0.15, -0.1) is 0 Å². The third-order valence-electron chi connectivity index (χ3n) is 5.60. The molecule has 0 saturated carbocycles. The van der Waals surface area contributed by atoms with Gasteiger partial charge in [0.05, 0.1) is 6.61 Å². The van der Waals surface area contributed by atoms with E-state index < -0.39 is 17.5 Å². The molecule has 1 amide bonds. The van der Waals surface area contributed by atoms with Gasteiger partial charge < -0.3 is 19.2 Å². The molecule has 184 valence electrons. The molecule has 0 radical (unpaired) electrons. The first-order valence-corrected chi connectivity index (χ1v) is 11.8. The number of rotatable bonds is 10. The monoisotopic (exact) mass is 485 g/mol. The molecule has 0 saturated heterocycles. The van der Waals surface area contributed by atoms with E-state index in [0.29, 0.717) is 31.4 Å². The van der Waals surface area contributed by atoms with E-state index in [1.807, 2.05) is 61.5 Å². The summed E-state index contributed by atoms with van der Waals surface area (Å²) in [5, 5.41) is 3.30. The zero-order valence-electron chi connectivity index (χ0n) is 20.0. The van der Waals surface area contributed by atoms with Crippen molar-refractivity contribution in [1.82, 2.24) is 5.32 Å². The van der Waals surface area contributed by atoms with Crippen LogP contribution < -0.4 is 20.4 Å². The van der Waals surface area contributed by atoms with Gasteiger partial charge >= 0.3 is 11.6 Å². The Labute approximate surface area is 208 Å². The number of nitrogens with one attached hydrogen (secondary N) is 1. The molecule has 1 N–H and O–H groups in total. The van der Waals surface area contributed by atoms with Crippen LogP contribution in [0.15, 0.2) is 88.1 Å². The lowest BCUT2D eigenvalue weighted by molar-refractivity contribution is -0.134. The highest BCUT2D eigenvalue weighted by atomic mass is 16.5. The summed E-state index contributed by atoms with van der Waals surface area (Å²) in [7, 11) is 0. The van der Waals surface area contributed by atoms with Crippen LogP contribution in [0, 0.1) is 6.92 Å². The molecule has 4 aromatic rings. The van der Waals surface area contributed by atoms with Gasteiger partial charge in [-0.2, -0.15) is 0 Å². The van der Waals surface area contributed by atoms with Crippen molar-refractivity contribution in [2.75, 3.05) is 13.2 Å². The summed E-state index contributed by atoms with van der Waals surface area (Å²) in [4.78, 5) is 37.1. The van der Waals surface area contributed by atoms with Gasteiger partial charge in [-0.1, -0.05) is 48.5 Å². The van der Waals surface area contributed by atoms with Crippen LogP contribution in [-0.4, -0.2) is 25.0 Å². The van der Waals surface area contributed by atoms with E-state index in [1.54, 1.807) is 12.1 Å². The minimum Gasteiger partial charge on any atom is -0.493 e. The van der Waals surface area contributed by atoms with Crippen LogP contribution >= 0.6 is 0 Å². The summed E-state index contributed by atoms with van der Waals surface area (Å²) in [6.45, 7) is 2.75. The van der Waals surface area contributed by atoms with Gasteiger partial charge in [0.1, 0.15) is 22.6 Å². The van der Waals surface area contributed by atoms with E-state index >= 15 is 0 Å². The van der Waals surface area contributed by atoms with E-state index in [9.17, 15) is 14.4 Å². The number of aryl methyl sites for hydroxylation is 1. The second-order valence-electron chi connectivity index (χ2n) is 8.33. The highest BCUT2D eigenvalue weighted by molar-refractivity contribution is 5.96. The second-order valence-corrected chi connectivity index (χ2v) is 8.33. The van der Waals surface area contributed by atoms with Crippen LogP contribution in [0.3, 0.4) is 0 Å². The summed E-state index contributed by atoms with van der Waals surface area (Å²) in [6, 6.07) is 23.6. The normalized spacial score (nSPS) is 10.7. The van der Waals surface area contributed by atoms with E-state index in [-0.39, 0.29) is 23.3 Å². The Hall–Kier alpha value is -4.39. The quantitative estimate of drug-likeness (QED) is 0.150. The summed E-state index contributed by atoms with van der Waals surface area (Å²) in [5.74, 6) is 0.139. The van der Waals surface area contributed by atoms with Gasteiger partial charge in [-0.3, -0.25) is 9.59 Å². The fourth-order valence-electron chi connectivity index (χ4n) is 3.67. The van der Waals surface area contributed by atoms with E-state index in [1.165, 1.54) is 12.1 Å². The van der Waals surface area contributed by atoms with Crippen molar-refractivity contribution in [3.8, 4) is 11.5 Å². The van der Waals surface area contributed by atoms with Gasteiger partial charge in [-0.25, -0.2) is 4.79 Å². The molecule has 0 aliphatic heterocycles. The van der Waals surface area contributed by atoms with Gasteiger partial charge in [0.2, 0.25) is 0 Å². The van der Waals surface area contributed by atoms with Gasteiger partial charge in [0.25, 0.3) is 5.91 Å². The molecule has 1 aromatic heterocycles. The smallest absolute Gasteiger partial charge is 0.349 e. The van der Waals surface area contributed by atoms with Gasteiger partial charge in [0.15, 0.2) is 0 Å². The molecule has 7 nitrogen and oxygen atoms in total. The van der Waals surface area contributed by atoms with Crippen molar-refractivity contribution >= 4 is 22.8 Å². The number of carbonyl (C=O) groups excluding carboxylic acids is 2. The highest BCUT2D eigenvalue weighted by Gasteiger charge is 2.14. The summed E-state index contributed by atoms with van der Waals surface area (Å²) in [6.07, 6.45) is 1.33. The number of carbonyl (C=O) groups is 2. The Morgan fingerprint density at radius 2 is 1.72 bits per heavy atom. The topological polar surface area (TPSA) is 94.8 Å². The molecule has 0 atom stereocenters. The standard InChI is InChI=1S/C29H27NO6/c1-20-8-5-6-11-25(20)34-17-7-12-27(31)35-23-14-13-22-18-24(29(33)36-26(22)19-23)28(32)30-16-15-21-9-3-2-4-10-21/h2-6,8-11,13-14,18-19H,7,12,15-17H2,1H3,(H,30,32). The molecule has 7 heteroatoms. The number of fused-ring (bicyclic) bond motifs is 1. The average Bonchev–Trinajstić information content (AvgIpc) is 2.87. The number of esters is 1. The van der Waals surface area contributed by atoms with Crippen LogP contribution in [-0.2, 0) is 11.2 Å². The van der Waals surface area contributed by atoms with Crippen LogP contribution in [0.4, 0.5) is 0 Å². The van der Waals surface area contributed by atoms with Crippen molar-refractivity contribution in [3.63, 3.8) is 0 Å². The van der Waals surface area contributed by atoms with Crippen LogP contribution in [0.1, 0.15) is 34.3 Å². The van der Waals surface area contributed by atoms with Crippen LogP contribution in [0.2, 0.25) is 0 Å². The number of benzene rings is 3. The molecule has 0 unspecified atom stereocenters. The van der Waals surface area contributed by atoms with Crippen LogP contribution in [0.25, 0.3) is 11.0 Å². The lowest BCUT2D eigenvalue weighted by Crippen LogP contribution is -2.29. The van der Waals surface area contributed by atoms with E-state index in [2.05, 4.69) is 5.32 Å². The number of ether oxygens (including phenoxy) is 2. The molecule has 0 spiro atoms. The van der Waals surface area contributed by atoms with E-state index in [4.69, 9.17) is 13.9 Å². The molecule has 4 rings (SSSR count). The Balaban J connectivity index is 1.30. The highest BCUT2D eigenvalue weighted by Crippen LogP contribution is 2.21. The molecule has 0 bridgehead atoms. The Bertz CT molecular complexity index is 1410. The Morgan fingerprint density at radius 1 is 0.944 bits per heavy atom. The summed E-state index contributed by atoms with van der Waals surface area (Å²) >= 11 is 0. The maximum absolute atomic E-state index is 12.5. The molecular weight excluding hydrogens is 458 g/mol. The second kappa shape index (κ2) is 11.8. The number of hydrogen-bond acceptors (Lipinski definition) is 6. The minimum absolute atomic E-state index is 0.0750. The summed E-state index contributed by atoms with van der Waals surface area (Å²) in [5.41, 5.74) is 1.52. The van der Waals surface area contributed by atoms with Gasteiger partial charge in [0, 0.05) is 24.4 Å². The Kier molecular flexibility index (Phi) is 8.13. The van der Waals surface area contributed by atoms with Crippen molar-refractivity contribution in [3.05, 3.63) is 106 Å². The zero-order chi connectivity index (χ0) is 25.3. The number of hydrogen-bond donors (Lipinski definition) is 1. The van der Waals surface area contributed by atoms with Crippen LogP contribution in [0.5, 0.6) is 11.5 Å². The SMILES string of the molecule is Cc1ccccc1OCCCC(=O)Oc1ccc2cc(C(=O)NCCc3ccccc3)c(=O)oc2c1. The summed E-state index contributed by atoms with van der Waals surface area (Å²) < 4.78 is 16.4. The van der Waals surface area contributed by atoms with Crippen molar-refractivity contribution in [1.29, 1.82) is 0 Å². The maximum Gasteiger partial charge on any atom is 0.349 e. The third kappa shape index (κ3) is 6.60. The van der Waals surface area contributed by atoms with Gasteiger partial charge in [-0.05, 0) is 55.2 Å². The predicted molar refractivity (Wildman–Crippen MR) is 137 cm³/mol. The molecular formula is C29H27NO6. The fourth-order valence-corrected chi connectivity index (χ4v) is 3.67. The third-order valence-corrected chi connectivity index (χ3v) is 5.60. The first-order chi connectivity index (χ1) is 17.5. The lowest BCUT2D eigenvalue weighted by atomic mass is 10.1. The number of amides is 1. The van der Waals surface area contributed by atoms with Crippen molar-refractivity contribution < 1.29 is 23.5 Å². The molecule has 0 aliphatic rings.